The SMILES string of the molecule is CC(C(=O)Nc1cccc(F)c1)N1CCN(c2cccc(Cl)c2)CC1. The fraction of sp³-hybridized carbons (Fsp3) is 0.316. The molecule has 1 heterocycles. The van der Waals surface area contributed by atoms with Gasteiger partial charge in [-0.25, -0.2) is 4.39 Å². The van der Waals surface area contributed by atoms with Crippen LogP contribution in [-0.2, 0) is 4.79 Å². The van der Waals surface area contributed by atoms with Gasteiger partial charge in [-0.05, 0) is 43.3 Å². The van der Waals surface area contributed by atoms with Crippen molar-refractivity contribution in [2.24, 2.45) is 0 Å². The van der Waals surface area contributed by atoms with E-state index in [1.807, 2.05) is 31.2 Å². The average molecular weight is 362 g/mol. The van der Waals surface area contributed by atoms with Crippen molar-refractivity contribution in [1.82, 2.24) is 4.90 Å². The van der Waals surface area contributed by atoms with E-state index in [0.717, 1.165) is 36.9 Å². The molecule has 1 unspecified atom stereocenters. The van der Waals surface area contributed by atoms with Gasteiger partial charge in [-0.1, -0.05) is 23.7 Å². The molecule has 0 aliphatic carbocycles. The second-order valence-corrected chi connectivity index (χ2v) is 6.61. The highest BCUT2D eigenvalue weighted by Crippen LogP contribution is 2.21. The summed E-state index contributed by atoms with van der Waals surface area (Å²) in [6, 6.07) is 13.5. The normalized spacial score (nSPS) is 16.5. The average Bonchev–Trinajstić information content (AvgIpc) is 2.61. The molecule has 1 saturated heterocycles. The van der Waals surface area contributed by atoms with E-state index in [0.29, 0.717) is 5.69 Å². The van der Waals surface area contributed by atoms with E-state index >= 15 is 0 Å². The minimum atomic E-state index is -0.361. The monoisotopic (exact) mass is 361 g/mol. The van der Waals surface area contributed by atoms with Crippen LogP contribution in [-0.4, -0.2) is 43.0 Å². The van der Waals surface area contributed by atoms with Gasteiger partial charge in [0, 0.05) is 42.6 Å². The standard InChI is InChI=1S/C19H21ClFN3O/c1-14(19(25)22-17-6-3-5-16(21)13-17)23-8-10-24(11-9-23)18-7-2-4-15(20)12-18/h2-7,12-14H,8-11H2,1H3,(H,22,25). The Morgan fingerprint density at radius 1 is 1.12 bits per heavy atom. The third kappa shape index (κ3) is 4.50. The molecule has 0 spiro atoms. The van der Waals surface area contributed by atoms with Crippen molar-refractivity contribution in [3.63, 3.8) is 0 Å². The van der Waals surface area contributed by atoms with Gasteiger partial charge in [0.15, 0.2) is 0 Å². The van der Waals surface area contributed by atoms with Gasteiger partial charge in [0.05, 0.1) is 6.04 Å². The van der Waals surface area contributed by atoms with E-state index in [9.17, 15) is 9.18 Å². The van der Waals surface area contributed by atoms with Crippen LogP contribution < -0.4 is 10.2 Å². The van der Waals surface area contributed by atoms with Gasteiger partial charge in [0.1, 0.15) is 5.82 Å². The van der Waals surface area contributed by atoms with Crippen molar-refractivity contribution < 1.29 is 9.18 Å². The van der Waals surface area contributed by atoms with Gasteiger partial charge in [0.2, 0.25) is 5.91 Å². The van der Waals surface area contributed by atoms with Crippen LogP contribution in [0.4, 0.5) is 15.8 Å². The fourth-order valence-electron chi connectivity index (χ4n) is 3.02. The Kier molecular flexibility index (Phi) is 5.56. The van der Waals surface area contributed by atoms with Crippen molar-refractivity contribution >= 4 is 28.9 Å². The molecule has 6 heteroatoms. The highest BCUT2D eigenvalue weighted by molar-refractivity contribution is 6.30. The Labute approximate surface area is 152 Å². The smallest absolute Gasteiger partial charge is 0.241 e. The van der Waals surface area contributed by atoms with Crippen LogP contribution in [0.2, 0.25) is 5.02 Å². The van der Waals surface area contributed by atoms with Crippen molar-refractivity contribution in [2.75, 3.05) is 36.4 Å². The minimum Gasteiger partial charge on any atom is -0.369 e. The summed E-state index contributed by atoms with van der Waals surface area (Å²) in [5.74, 6) is -0.484. The van der Waals surface area contributed by atoms with E-state index in [-0.39, 0.29) is 17.8 Å². The largest absolute Gasteiger partial charge is 0.369 e. The number of amides is 1. The van der Waals surface area contributed by atoms with E-state index in [2.05, 4.69) is 15.1 Å². The fourth-order valence-corrected chi connectivity index (χ4v) is 3.20. The predicted octanol–water partition coefficient (Wildman–Crippen LogP) is 3.63. The number of hydrogen-bond donors (Lipinski definition) is 1. The number of piperazine rings is 1. The predicted molar refractivity (Wildman–Crippen MR) is 99.7 cm³/mol. The maximum Gasteiger partial charge on any atom is 0.241 e. The van der Waals surface area contributed by atoms with Crippen LogP contribution in [0, 0.1) is 5.82 Å². The zero-order chi connectivity index (χ0) is 17.8. The summed E-state index contributed by atoms with van der Waals surface area (Å²) in [5, 5.41) is 3.50. The molecule has 2 aromatic rings. The lowest BCUT2D eigenvalue weighted by Crippen LogP contribution is -2.52. The zero-order valence-electron chi connectivity index (χ0n) is 14.1. The maximum atomic E-state index is 13.2. The van der Waals surface area contributed by atoms with E-state index in [4.69, 9.17) is 11.6 Å². The first-order valence-corrected chi connectivity index (χ1v) is 8.72. The Morgan fingerprint density at radius 2 is 1.84 bits per heavy atom. The molecule has 1 atom stereocenters. The first-order chi connectivity index (χ1) is 12.0. The Bertz CT molecular complexity index is 747. The molecule has 0 aromatic heterocycles. The molecule has 1 amide bonds. The summed E-state index contributed by atoms with van der Waals surface area (Å²) < 4.78 is 13.2. The van der Waals surface area contributed by atoms with Crippen molar-refractivity contribution in [1.29, 1.82) is 0 Å². The molecule has 1 aliphatic heterocycles. The summed E-state index contributed by atoms with van der Waals surface area (Å²) in [7, 11) is 0. The van der Waals surface area contributed by atoms with Gasteiger partial charge in [-0.2, -0.15) is 0 Å². The second kappa shape index (κ2) is 7.85. The number of halogens is 2. The number of carbonyl (C=O) groups excluding carboxylic acids is 1. The number of nitrogens with one attached hydrogen (secondary N) is 1. The van der Waals surface area contributed by atoms with E-state index < -0.39 is 0 Å². The van der Waals surface area contributed by atoms with Gasteiger partial charge in [-0.15, -0.1) is 0 Å². The number of nitrogens with zero attached hydrogens (tertiary/aromatic N) is 2. The zero-order valence-corrected chi connectivity index (χ0v) is 14.8. The first-order valence-electron chi connectivity index (χ1n) is 8.34. The molecule has 1 fully saturated rings. The van der Waals surface area contributed by atoms with Crippen LogP contribution >= 0.6 is 11.6 Å². The summed E-state index contributed by atoms with van der Waals surface area (Å²) >= 11 is 6.06. The molecule has 3 rings (SSSR count). The summed E-state index contributed by atoms with van der Waals surface area (Å²) in [4.78, 5) is 16.8. The summed E-state index contributed by atoms with van der Waals surface area (Å²) in [6.07, 6.45) is 0. The van der Waals surface area contributed by atoms with Crippen molar-refractivity contribution in [2.45, 2.75) is 13.0 Å². The molecule has 0 saturated carbocycles. The van der Waals surface area contributed by atoms with Gasteiger partial charge < -0.3 is 10.2 Å². The Hall–Kier alpha value is -2.11. The van der Waals surface area contributed by atoms with Crippen LogP contribution in [0.1, 0.15) is 6.92 Å². The molecule has 132 valence electrons. The molecule has 25 heavy (non-hydrogen) atoms. The van der Waals surface area contributed by atoms with Crippen molar-refractivity contribution in [3.8, 4) is 0 Å². The molecule has 2 aromatic carbocycles. The van der Waals surface area contributed by atoms with Crippen LogP contribution in [0.25, 0.3) is 0 Å². The molecule has 0 radical (unpaired) electrons. The summed E-state index contributed by atoms with van der Waals surface area (Å²) in [5.41, 5.74) is 1.58. The third-order valence-corrected chi connectivity index (χ3v) is 4.74. The summed E-state index contributed by atoms with van der Waals surface area (Å²) in [6.45, 7) is 5.11. The Balaban J connectivity index is 1.56. The molecule has 0 bridgehead atoms. The third-order valence-electron chi connectivity index (χ3n) is 4.51. The second-order valence-electron chi connectivity index (χ2n) is 6.18. The number of carbonyl (C=O) groups is 1. The highest BCUT2D eigenvalue weighted by Gasteiger charge is 2.25. The van der Waals surface area contributed by atoms with Crippen molar-refractivity contribution in [3.05, 3.63) is 59.4 Å². The number of rotatable bonds is 4. The van der Waals surface area contributed by atoms with Gasteiger partial charge in [-0.3, -0.25) is 9.69 Å². The lowest BCUT2D eigenvalue weighted by atomic mass is 10.2. The maximum absolute atomic E-state index is 13.2. The lowest BCUT2D eigenvalue weighted by molar-refractivity contribution is -0.120. The number of anilines is 2. The van der Waals surface area contributed by atoms with Gasteiger partial charge >= 0.3 is 0 Å². The molecule has 1 N–H and O–H groups in total. The number of hydrogen-bond acceptors (Lipinski definition) is 3. The quantitative estimate of drug-likeness (QED) is 0.903. The van der Waals surface area contributed by atoms with Crippen LogP contribution in [0.3, 0.4) is 0 Å². The first kappa shape index (κ1) is 17.7. The lowest BCUT2D eigenvalue weighted by Gasteiger charge is -2.38. The Morgan fingerprint density at radius 3 is 2.52 bits per heavy atom. The topological polar surface area (TPSA) is 35.6 Å². The molecule has 4 nitrogen and oxygen atoms in total. The molecule has 1 aliphatic rings. The molecular weight excluding hydrogens is 341 g/mol. The van der Waals surface area contributed by atoms with Crippen LogP contribution in [0.5, 0.6) is 0 Å². The molecular formula is C19H21ClFN3O. The van der Waals surface area contributed by atoms with Crippen LogP contribution in [0.15, 0.2) is 48.5 Å². The van der Waals surface area contributed by atoms with E-state index in [1.165, 1.54) is 12.1 Å². The van der Waals surface area contributed by atoms with E-state index in [1.54, 1.807) is 12.1 Å². The highest BCUT2D eigenvalue weighted by atomic mass is 35.5. The van der Waals surface area contributed by atoms with Gasteiger partial charge in [0.25, 0.3) is 0 Å². The number of benzene rings is 2. The minimum absolute atomic E-state index is 0.123.